The van der Waals surface area contributed by atoms with Gasteiger partial charge >= 0.3 is 0 Å². The van der Waals surface area contributed by atoms with Crippen molar-refractivity contribution >= 4 is 5.69 Å². The number of nitrogens with one attached hydrogen (secondary N) is 2. The van der Waals surface area contributed by atoms with E-state index in [2.05, 4.69) is 28.8 Å². The number of aryl methyl sites for hydroxylation is 1. The number of anilines is 1. The van der Waals surface area contributed by atoms with Crippen molar-refractivity contribution in [3.8, 4) is 0 Å². The van der Waals surface area contributed by atoms with Gasteiger partial charge < -0.3 is 10.6 Å². The van der Waals surface area contributed by atoms with Crippen LogP contribution in [0.1, 0.15) is 36.8 Å². The van der Waals surface area contributed by atoms with Crippen LogP contribution in [-0.4, -0.2) is 12.6 Å². The van der Waals surface area contributed by atoms with Crippen LogP contribution in [0.15, 0.2) is 18.2 Å². The molecule has 20 heavy (non-hydrogen) atoms. The first-order chi connectivity index (χ1) is 9.92. The van der Waals surface area contributed by atoms with Gasteiger partial charge in [0, 0.05) is 24.8 Å². The van der Waals surface area contributed by atoms with Crippen LogP contribution < -0.4 is 10.6 Å². The van der Waals surface area contributed by atoms with Gasteiger partial charge in [0.2, 0.25) is 0 Å². The average Bonchev–Trinajstić information content (AvgIpc) is 2.88. The summed E-state index contributed by atoms with van der Waals surface area (Å²) >= 11 is 0. The minimum absolute atomic E-state index is 0.848. The number of para-hydroxylation sites is 1. The summed E-state index contributed by atoms with van der Waals surface area (Å²) in [5.74, 6) is 4.23. The van der Waals surface area contributed by atoms with Gasteiger partial charge in [-0.05, 0) is 66.9 Å². The van der Waals surface area contributed by atoms with Crippen molar-refractivity contribution in [3.63, 3.8) is 0 Å². The highest BCUT2D eigenvalue weighted by atomic mass is 15.0. The zero-order valence-corrected chi connectivity index (χ0v) is 12.1. The number of hydrogen-bond donors (Lipinski definition) is 2. The Kier molecular flexibility index (Phi) is 2.46. The fourth-order valence-corrected chi connectivity index (χ4v) is 5.55. The van der Waals surface area contributed by atoms with Gasteiger partial charge in [0.1, 0.15) is 0 Å². The molecule has 2 N–H and O–H groups in total. The first-order valence-corrected chi connectivity index (χ1v) is 8.50. The summed E-state index contributed by atoms with van der Waals surface area (Å²) in [6.07, 6.45) is 7.11. The number of hydrogen-bond acceptors (Lipinski definition) is 2. The van der Waals surface area contributed by atoms with Crippen molar-refractivity contribution in [3.05, 3.63) is 29.3 Å². The molecular weight excluding hydrogens is 244 g/mol. The van der Waals surface area contributed by atoms with Crippen LogP contribution in [0.5, 0.6) is 0 Å². The van der Waals surface area contributed by atoms with Gasteiger partial charge in [-0.3, -0.25) is 0 Å². The normalized spacial score (nSPS) is 40.1. The molecule has 4 atom stereocenters. The molecule has 2 heteroatoms. The molecule has 2 bridgehead atoms. The first kappa shape index (κ1) is 11.6. The van der Waals surface area contributed by atoms with Crippen LogP contribution in [0.3, 0.4) is 0 Å². The van der Waals surface area contributed by atoms with E-state index in [-0.39, 0.29) is 0 Å². The molecule has 0 amide bonds. The molecule has 0 radical (unpaired) electrons. The van der Waals surface area contributed by atoms with E-state index in [1.165, 1.54) is 42.5 Å². The summed E-state index contributed by atoms with van der Waals surface area (Å²) in [6, 6.07) is 7.68. The molecule has 5 rings (SSSR count). The highest BCUT2D eigenvalue weighted by Crippen LogP contribution is 2.65. The molecule has 2 nitrogen and oxygen atoms in total. The zero-order valence-electron chi connectivity index (χ0n) is 12.1. The Morgan fingerprint density at radius 1 is 1.15 bits per heavy atom. The molecular formula is C18H24N2. The maximum Gasteiger partial charge on any atom is 0.0418 e. The van der Waals surface area contributed by atoms with E-state index < -0.39 is 0 Å². The van der Waals surface area contributed by atoms with Gasteiger partial charge in [0.05, 0.1) is 0 Å². The largest absolute Gasteiger partial charge is 0.385 e. The third-order valence-corrected chi connectivity index (χ3v) is 6.43. The number of rotatable bonds is 3. The molecule has 0 spiro atoms. The second kappa shape index (κ2) is 4.24. The summed E-state index contributed by atoms with van der Waals surface area (Å²) in [4.78, 5) is 0. The van der Waals surface area contributed by atoms with Crippen LogP contribution in [0.2, 0.25) is 0 Å². The molecule has 3 aliphatic carbocycles. The lowest BCUT2D eigenvalue weighted by Gasteiger charge is -2.22. The molecule has 3 saturated carbocycles. The third-order valence-electron chi connectivity index (χ3n) is 6.43. The Balaban J connectivity index is 1.29. The molecule has 0 aromatic heterocycles. The van der Waals surface area contributed by atoms with Gasteiger partial charge in [-0.2, -0.15) is 0 Å². The Labute approximate surface area is 121 Å². The Bertz CT molecular complexity index is 522. The minimum atomic E-state index is 0.848. The van der Waals surface area contributed by atoms with Crippen LogP contribution in [0.25, 0.3) is 0 Å². The number of fused-ring (bicyclic) bond motifs is 6. The number of benzene rings is 1. The van der Waals surface area contributed by atoms with Crippen LogP contribution in [-0.2, 0) is 13.0 Å². The second-order valence-electron chi connectivity index (χ2n) is 7.38. The van der Waals surface area contributed by atoms with E-state index in [0.717, 1.165) is 42.8 Å². The minimum Gasteiger partial charge on any atom is -0.385 e. The topological polar surface area (TPSA) is 24.1 Å². The van der Waals surface area contributed by atoms with Gasteiger partial charge in [-0.1, -0.05) is 18.2 Å². The SMILES string of the molecule is c1cc2c(c(CNC3C4C5CCC(C5)C34)c1)NCCC2. The maximum atomic E-state index is 3.89. The summed E-state index contributed by atoms with van der Waals surface area (Å²) in [5.41, 5.74) is 4.44. The molecule has 0 saturated heterocycles. The molecule has 1 aromatic carbocycles. The standard InChI is InChI=1S/C18H24N2/c1-3-11-5-2-8-19-17(11)14(4-1)10-20-18-15-12-6-7-13(9-12)16(15)18/h1,3-4,12-13,15-16,18-20H,2,5-10H2. The molecule has 1 heterocycles. The van der Waals surface area contributed by atoms with E-state index >= 15 is 0 Å². The van der Waals surface area contributed by atoms with Gasteiger partial charge in [0.15, 0.2) is 0 Å². The van der Waals surface area contributed by atoms with Crippen molar-refractivity contribution in [1.29, 1.82) is 0 Å². The predicted molar refractivity (Wildman–Crippen MR) is 81.7 cm³/mol. The van der Waals surface area contributed by atoms with E-state index in [1.54, 1.807) is 6.42 Å². The molecule has 4 unspecified atom stereocenters. The van der Waals surface area contributed by atoms with E-state index in [0.29, 0.717) is 0 Å². The third kappa shape index (κ3) is 1.60. The average molecular weight is 268 g/mol. The molecule has 4 aliphatic rings. The van der Waals surface area contributed by atoms with Crippen LogP contribution in [0.4, 0.5) is 5.69 Å². The van der Waals surface area contributed by atoms with E-state index in [1.807, 2.05) is 0 Å². The highest BCUT2D eigenvalue weighted by molar-refractivity contribution is 5.59. The lowest BCUT2D eigenvalue weighted by atomic mass is 9.99. The summed E-state index contributed by atoms with van der Waals surface area (Å²) < 4.78 is 0. The fourth-order valence-electron chi connectivity index (χ4n) is 5.55. The quantitative estimate of drug-likeness (QED) is 0.880. The Morgan fingerprint density at radius 2 is 2.00 bits per heavy atom. The fraction of sp³-hybridized carbons (Fsp3) is 0.667. The van der Waals surface area contributed by atoms with Crippen molar-refractivity contribution in [2.75, 3.05) is 11.9 Å². The molecule has 106 valence electrons. The Morgan fingerprint density at radius 3 is 2.85 bits per heavy atom. The lowest BCUT2D eigenvalue weighted by Crippen LogP contribution is -2.24. The van der Waals surface area contributed by atoms with Gasteiger partial charge in [0.25, 0.3) is 0 Å². The maximum absolute atomic E-state index is 3.89. The summed E-state index contributed by atoms with van der Waals surface area (Å²) in [6.45, 7) is 2.20. The molecule has 1 aliphatic heterocycles. The van der Waals surface area contributed by atoms with E-state index in [9.17, 15) is 0 Å². The van der Waals surface area contributed by atoms with Crippen LogP contribution in [0, 0.1) is 23.7 Å². The van der Waals surface area contributed by atoms with Crippen molar-refractivity contribution in [2.24, 2.45) is 23.7 Å². The molecule has 1 aromatic rings. The second-order valence-corrected chi connectivity index (χ2v) is 7.38. The van der Waals surface area contributed by atoms with E-state index in [4.69, 9.17) is 0 Å². The smallest absolute Gasteiger partial charge is 0.0418 e. The lowest BCUT2D eigenvalue weighted by molar-refractivity contribution is 0.456. The highest BCUT2D eigenvalue weighted by Gasteiger charge is 2.64. The van der Waals surface area contributed by atoms with Crippen molar-refractivity contribution < 1.29 is 0 Å². The zero-order chi connectivity index (χ0) is 13.1. The summed E-state index contributed by atoms with van der Waals surface area (Å²) in [5, 5.41) is 7.50. The predicted octanol–water partition coefficient (Wildman–Crippen LogP) is 3.18. The first-order valence-electron chi connectivity index (χ1n) is 8.50. The Hall–Kier alpha value is -1.02. The molecule has 3 fully saturated rings. The summed E-state index contributed by atoms with van der Waals surface area (Å²) in [7, 11) is 0. The van der Waals surface area contributed by atoms with Gasteiger partial charge in [-0.15, -0.1) is 0 Å². The van der Waals surface area contributed by atoms with Crippen molar-refractivity contribution in [2.45, 2.75) is 44.7 Å². The van der Waals surface area contributed by atoms with Gasteiger partial charge in [-0.25, -0.2) is 0 Å². The van der Waals surface area contributed by atoms with Crippen LogP contribution >= 0.6 is 0 Å². The van der Waals surface area contributed by atoms with Crippen molar-refractivity contribution in [1.82, 2.24) is 5.32 Å². The monoisotopic (exact) mass is 268 g/mol.